The molecular weight excluding hydrogens is 261 g/mol. The summed E-state index contributed by atoms with van der Waals surface area (Å²) in [6.07, 6.45) is 1.62. The number of carboxylic acids is 1. The van der Waals surface area contributed by atoms with Crippen molar-refractivity contribution < 1.29 is 14.3 Å². The third-order valence-electron chi connectivity index (χ3n) is 3.56. The Labute approximate surface area is 114 Å². The summed E-state index contributed by atoms with van der Waals surface area (Å²) in [6, 6.07) is 5.53. The second-order valence-corrected chi connectivity index (χ2v) is 4.88. The summed E-state index contributed by atoms with van der Waals surface area (Å²) in [5.74, 6) is -0.888. The number of imidazole rings is 1. The van der Waals surface area contributed by atoms with Crippen molar-refractivity contribution in [3.8, 4) is 11.4 Å². The van der Waals surface area contributed by atoms with Gasteiger partial charge in [-0.1, -0.05) is 0 Å². The van der Waals surface area contributed by atoms with Gasteiger partial charge < -0.3 is 15.4 Å². The monoisotopic (exact) mass is 275 g/mol. The zero-order valence-corrected chi connectivity index (χ0v) is 10.7. The van der Waals surface area contributed by atoms with Gasteiger partial charge in [-0.25, -0.2) is 14.2 Å². The molecule has 1 aliphatic rings. The van der Waals surface area contributed by atoms with Crippen LogP contribution in [0.3, 0.4) is 0 Å². The van der Waals surface area contributed by atoms with E-state index in [2.05, 4.69) is 4.98 Å². The molecule has 6 heteroatoms. The Balaban J connectivity index is 2.19. The van der Waals surface area contributed by atoms with Gasteiger partial charge in [0, 0.05) is 18.2 Å². The van der Waals surface area contributed by atoms with Crippen LogP contribution in [0, 0.1) is 5.82 Å². The average molecular weight is 275 g/mol. The molecule has 1 atom stereocenters. The molecule has 0 fully saturated rings. The molecule has 0 saturated heterocycles. The van der Waals surface area contributed by atoms with Crippen LogP contribution in [0.2, 0.25) is 0 Å². The van der Waals surface area contributed by atoms with Crippen molar-refractivity contribution in [1.29, 1.82) is 0 Å². The highest BCUT2D eigenvalue weighted by molar-refractivity contribution is 5.88. The molecule has 3 N–H and O–H groups in total. The maximum atomic E-state index is 13.0. The van der Waals surface area contributed by atoms with Gasteiger partial charge in [0.25, 0.3) is 0 Å². The van der Waals surface area contributed by atoms with Crippen LogP contribution < -0.4 is 5.73 Å². The summed E-state index contributed by atoms with van der Waals surface area (Å²) < 4.78 is 14.8. The molecule has 1 aromatic heterocycles. The van der Waals surface area contributed by atoms with Crippen LogP contribution in [0.5, 0.6) is 0 Å². The van der Waals surface area contributed by atoms with Gasteiger partial charge in [-0.05, 0) is 37.1 Å². The number of aromatic nitrogens is 2. The predicted molar refractivity (Wildman–Crippen MR) is 70.7 cm³/mol. The molecule has 1 unspecified atom stereocenters. The van der Waals surface area contributed by atoms with Crippen molar-refractivity contribution in [3.05, 3.63) is 41.5 Å². The van der Waals surface area contributed by atoms with E-state index in [0.29, 0.717) is 23.6 Å². The van der Waals surface area contributed by atoms with Gasteiger partial charge in [0.2, 0.25) is 0 Å². The number of carboxylic acid groups (broad SMARTS) is 1. The lowest BCUT2D eigenvalue weighted by Crippen LogP contribution is -2.23. The number of rotatable bonds is 2. The highest BCUT2D eigenvalue weighted by Crippen LogP contribution is 2.31. The summed E-state index contributed by atoms with van der Waals surface area (Å²) in [7, 11) is 0. The van der Waals surface area contributed by atoms with E-state index in [-0.39, 0.29) is 17.6 Å². The van der Waals surface area contributed by atoms with E-state index in [9.17, 15) is 14.3 Å². The quantitative estimate of drug-likeness (QED) is 0.880. The fourth-order valence-corrected chi connectivity index (χ4v) is 2.65. The molecule has 0 aliphatic carbocycles. The van der Waals surface area contributed by atoms with Gasteiger partial charge in [-0.3, -0.25) is 0 Å². The zero-order valence-electron chi connectivity index (χ0n) is 10.7. The lowest BCUT2D eigenvalue weighted by atomic mass is 10.0. The molecule has 0 saturated carbocycles. The molecule has 3 rings (SSSR count). The predicted octanol–water partition coefficient (Wildman–Crippen LogP) is 2.18. The van der Waals surface area contributed by atoms with Crippen molar-refractivity contribution in [2.75, 3.05) is 0 Å². The SMILES string of the molecule is NC1CCCn2c(-c3ccc(F)cc3)nc(C(=O)O)c21. The number of hydrogen-bond acceptors (Lipinski definition) is 3. The van der Waals surface area contributed by atoms with Crippen LogP contribution in [-0.4, -0.2) is 20.6 Å². The van der Waals surface area contributed by atoms with Crippen LogP contribution in [0.15, 0.2) is 24.3 Å². The molecule has 0 amide bonds. The molecule has 2 aromatic rings. The van der Waals surface area contributed by atoms with Gasteiger partial charge >= 0.3 is 5.97 Å². The first-order valence-corrected chi connectivity index (χ1v) is 6.43. The van der Waals surface area contributed by atoms with E-state index in [4.69, 9.17) is 5.73 Å². The third-order valence-corrected chi connectivity index (χ3v) is 3.56. The van der Waals surface area contributed by atoms with Gasteiger partial charge in [0.1, 0.15) is 11.6 Å². The number of aromatic carboxylic acids is 1. The zero-order chi connectivity index (χ0) is 14.3. The number of halogens is 1. The van der Waals surface area contributed by atoms with E-state index in [1.165, 1.54) is 12.1 Å². The van der Waals surface area contributed by atoms with Crippen molar-refractivity contribution in [2.24, 2.45) is 5.73 Å². The van der Waals surface area contributed by atoms with Crippen LogP contribution in [0.1, 0.15) is 35.1 Å². The minimum Gasteiger partial charge on any atom is -0.476 e. The van der Waals surface area contributed by atoms with Crippen molar-refractivity contribution in [3.63, 3.8) is 0 Å². The molecule has 1 aliphatic heterocycles. The second-order valence-electron chi connectivity index (χ2n) is 4.88. The first-order valence-electron chi connectivity index (χ1n) is 6.43. The molecule has 0 bridgehead atoms. The molecule has 2 heterocycles. The van der Waals surface area contributed by atoms with Gasteiger partial charge in [-0.15, -0.1) is 0 Å². The topological polar surface area (TPSA) is 81.1 Å². The highest BCUT2D eigenvalue weighted by atomic mass is 19.1. The summed E-state index contributed by atoms with van der Waals surface area (Å²) in [5, 5.41) is 9.27. The lowest BCUT2D eigenvalue weighted by Gasteiger charge is -2.22. The molecule has 5 nitrogen and oxygen atoms in total. The fraction of sp³-hybridized carbons (Fsp3) is 0.286. The molecule has 1 aromatic carbocycles. The van der Waals surface area contributed by atoms with Crippen LogP contribution in [0.4, 0.5) is 4.39 Å². The molecule has 0 spiro atoms. The van der Waals surface area contributed by atoms with Crippen LogP contribution >= 0.6 is 0 Å². The van der Waals surface area contributed by atoms with E-state index >= 15 is 0 Å². The largest absolute Gasteiger partial charge is 0.476 e. The smallest absolute Gasteiger partial charge is 0.356 e. The minimum atomic E-state index is -1.08. The van der Waals surface area contributed by atoms with E-state index in [1.54, 1.807) is 12.1 Å². The molecule has 0 radical (unpaired) electrons. The van der Waals surface area contributed by atoms with E-state index < -0.39 is 5.97 Å². The standard InChI is InChI=1S/C14H14FN3O2/c15-9-5-3-8(4-6-9)13-17-11(14(19)20)12-10(16)2-1-7-18(12)13/h3-6,10H,1-2,7,16H2,(H,19,20). The normalized spacial score (nSPS) is 17.8. The Kier molecular flexibility index (Phi) is 3.02. The number of nitrogens with two attached hydrogens (primary N) is 1. The minimum absolute atomic E-state index is 0.00322. The van der Waals surface area contributed by atoms with Crippen molar-refractivity contribution >= 4 is 5.97 Å². The number of benzene rings is 1. The molecule has 20 heavy (non-hydrogen) atoms. The highest BCUT2D eigenvalue weighted by Gasteiger charge is 2.29. The Morgan fingerprint density at radius 3 is 2.75 bits per heavy atom. The number of fused-ring (bicyclic) bond motifs is 1. The summed E-state index contributed by atoms with van der Waals surface area (Å²) in [5.41, 5.74) is 7.26. The van der Waals surface area contributed by atoms with Crippen molar-refractivity contribution in [2.45, 2.75) is 25.4 Å². The number of carbonyl (C=O) groups is 1. The molecule has 104 valence electrons. The number of nitrogens with zero attached hydrogens (tertiary/aromatic N) is 2. The van der Waals surface area contributed by atoms with Crippen LogP contribution in [0.25, 0.3) is 11.4 Å². The Bertz CT molecular complexity index is 664. The average Bonchev–Trinajstić information content (AvgIpc) is 2.81. The Morgan fingerprint density at radius 1 is 1.40 bits per heavy atom. The fourth-order valence-electron chi connectivity index (χ4n) is 2.65. The van der Waals surface area contributed by atoms with Gasteiger partial charge in [-0.2, -0.15) is 0 Å². The number of hydrogen-bond donors (Lipinski definition) is 2. The molecular formula is C14H14FN3O2. The lowest BCUT2D eigenvalue weighted by molar-refractivity contribution is 0.0688. The summed E-state index contributed by atoms with van der Waals surface area (Å²) in [6.45, 7) is 0.677. The van der Waals surface area contributed by atoms with Gasteiger partial charge in [0.15, 0.2) is 5.69 Å². The summed E-state index contributed by atoms with van der Waals surface area (Å²) >= 11 is 0. The second kappa shape index (κ2) is 4.72. The van der Waals surface area contributed by atoms with E-state index in [0.717, 1.165) is 12.8 Å². The van der Waals surface area contributed by atoms with Crippen LogP contribution in [-0.2, 0) is 6.54 Å². The van der Waals surface area contributed by atoms with Crippen molar-refractivity contribution in [1.82, 2.24) is 9.55 Å². The first-order chi connectivity index (χ1) is 9.58. The maximum absolute atomic E-state index is 13.0. The maximum Gasteiger partial charge on any atom is 0.356 e. The third kappa shape index (κ3) is 1.98. The summed E-state index contributed by atoms with van der Waals surface area (Å²) in [4.78, 5) is 15.5. The Hall–Kier alpha value is -2.21. The first kappa shape index (κ1) is 12.8. The Morgan fingerprint density at radius 2 is 2.10 bits per heavy atom. The van der Waals surface area contributed by atoms with E-state index in [1.807, 2.05) is 4.57 Å². The van der Waals surface area contributed by atoms with Gasteiger partial charge in [0.05, 0.1) is 5.69 Å².